The van der Waals surface area contributed by atoms with E-state index in [0.29, 0.717) is 17.2 Å². The van der Waals surface area contributed by atoms with Gasteiger partial charge in [0.2, 0.25) is 0 Å². The Kier molecular flexibility index (Phi) is 3.19. The van der Waals surface area contributed by atoms with Gasteiger partial charge in [-0.05, 0) is 36.5 Å². The summed E-state index contributed by atoms with van der Waals surface area (Å²) in [6.45, 7) is 3.08. The zero-order valence-corrected chi connectivity index (χ0v) is 10.6. The van der Waals surface area contributed by atoms with Crippen molar-refractivity contribution >= 4 is 27.6 Å². The topological polar surface area (TPSA) is 49.3 Å². The maximum Gasteiger partial charge on any atom is 0.337 e. The Bertz CT molecular complexity index is 419. The van der Waals surface area contributed by atoms with Crippen LogP contribution in [0.1, 0.15) is 23.7 Å². The lowest BCUT2D eigenvalue weighted by molar-refractivity contribution is 0.0698. The molecule has 2 atom stereocenters. The van der Waals surface area contributed by atoms with Crippen LogP contribution >= 0.6 is 15.9 Å². The number of aromatic carboxylic acids is 1. The number of hydrogen-bond acceptors (Lipinski definition) is 2. The van der Waals surface area contributed by atoms with E-state index in [0.717, 1.165) is 16.9 Å². The van der Waals surface area contributed by atoms with Gasteiger partial charge in [-0.1, -0.05) is 22.9 Å². The zero-order valence-electron chi connectivity index (χ0n) is 9.03. The Hall–Kier alpha value is -1.03. The lowest BCUT2D eigenvalue weighted by atomic mass is 10.1. The average molecular weight is 284 g/mol. The fourth-order valence-electron chi connectivity index (χ4n) is 1.77. The van der Waals surface area contributed by atoms with Crippen LogP contribution < -0.4 is 5.32 Å². The molecule has 0 aromatic heterocycles. The first-order chi connectivity index (χ1) is 7.58. The van der Waals surface area contributed by atoms with Crippen molar-refractivity contribution < 1.29 is 9.90 Å². The molecule has 16 heavy (non-hydrogen) atoms. The Balaban J connectivity index is 2.09. The molecule has 1 aliphatic rings. The van der Waals surface area contributed by atoms with Crippen LogP contribution in [0.4, 0.5) is 5.69 Å². The van der Waals surface area contributed by atoms with E-state index in [2.05, 4.69) is 28.2 Å². The number of anilines is 1. The molecule has 86 valence electrons. The second-order valence-electron chi connectivity index (χ2n) is 4.35. The van der Waals surface area contributed by atoms with Gasteiger partial charge < -0.3 is 10.4 Å². The van der Waals surface area contributed by atoms with Crippen molar-refractivity contribution in [2.45, 2.75) is 13.3 Å². The quantitative estimate of drug-likeness (QED) is 0.892. The van der Waals surface area contributed by atoms with Crippen molar-refractivity contribution in [2.75, 3.05) is 11.9 Å². The van der Waals surface area contributed by atoms with Crippen LogP contribution in [0.5, 0.6) is 0 Å². The van der Waals surface area contributed by atoms with Gasteiger partial charge in [0.25, 0.3) is 0 Å². The van der Waals surface area contributed by atoms with Gasteiger partial charge in [-0.3, -0.25) is 0 Å². The number of carboxylic acids is 1. The van der Waals surface area contributed by atoms with E-state index in [1.165, 1.54) is 6.42 Å². The summed E-state index contributed by atoms with van der Waals surface area (Å²) in [5.41, 5.74) is 1.03. The molecule has 1 aliphatic carbocycles. The largest absolute Gasteiger partial charge is 0.478 e. The number of hydrogen-bond donors (Lipinski definition) is 2. The van der Waals surface area contributed by atoms with Crippen LogP contribution in [0.25, 0.3) is 0 Å². The molecule has 1 saturated carbocycles. The molecular weight excluding hydrogens is 270 g/mol. The molecule has 4 heteroatoms. The average Bonchev–Trinajstić information content (AvgIpc) is 2.92. The lowest BCUT2D eigenvalue weighted by Crippen LogP contribution is -2.09. The Morgan fingerprint density at radius 1 is 1.62 bits per heavy atom. The fourth-order valence-corrected chi connectivity index (χ4v) is 2.13. The molecule has 0 saturated heterocycles. The first-order valence-corrected chi connectivity index (χ1v) is 6.14. The Morgan fingerprint density at radius 2 is 2.31 bits per heavy atom. The number of rotatable bonds is 4. The maximum atomic E-state index is 11.0. The van der Waals surface area contributed by atoms with Crippen molar-refractivity contribution in [3.8, 4) is 0 Å². The summed E-state index contributed by atoms with van der Waals surface area (Å²) in [4.78, 5) is 11.0. The van der Waals surface area contributed by atoms with Crippen LogP contribution in [0.2, 0.25) is 0 Å². The van der Waals surface area contributed by atoms with E-state index in [-0.39, 0.29) is 0 Å². The number of carbonyl (C=O) groups is 1. The smallest absolute Gasteiger partial charge is 0.337 e. The summed E-state index contributed by atoms with van der Waals surface area (Å²) in [6.07, 6.45) is 1.24. The molecule has 1 fully saturated rings. The minimum atomic E-state index is -0.896. The number of benzene rings is 1. The van der Waals surface area contributed by atoms with Crippen LogP contribution in [-0.2, 0) is 0 Å². The van der Waals surface area contributed by atoms with Gasteiger partial charge in [-0.25, -0.2) is 4.79 Å². The first-order valence-electron chi connectivity index (χ1n) is 5.34. The molecule has 2 rings (SSSR count). The summed E-state index contributed by atoms with van der Waals surface area (Å²) in [6, 6.07) is 5.28. The summed E-state index contributed by atoms with van der Waals surface area (Å²) < 4.78 is 0.787. The highest BCUT2D eigenvalue weighted by molar-refractivity contribution is 9.10. The third kappa shape index (κ3) is 2.55. The molecule has 2 unspecified atom stereocenters. The summed E-state index contributed by atoms with van der Waals surface area (Å²) in [5.74, 6) is 0.578. The van der Waals surface area contributed by atoms with E-state index >= 15 is 0 Å². The Morgan fingerprint density at radius 3 is 2.88 bits per heavy atom. The number of nitrogens with one attached hydrogen (secondary N) is 1. The molecule has 0 bridgehead atoms. The van der Waals surface area contributed by atoms with E-state index < -0.39 is 5.97 Å². The van der Waals surface area contributed by atoms with Crippen molar-refractivity contribution in [3.05, 3.63) is 28.2 Å². The zero-order chi connectivity index (χ0) is 11.7. The van der Waals surface area contributed by atoms with Gasteiger partial charge in [-0.2, -0.15) is 0 Å². The molecule has 1 aromatic rings. The molecule has 0 spiro atoms. The second-order valence-corrected chi connectivity index (χ2v) is 5.26. The van der Waals surface area contributed by atoms with Crippen molar-refractivity contribution in [1.82, 2.24) is 0 Å². The number of halogens is 1. The molecule has 0 heterocycles. The third-order valence-electron chi connectivity index (χ3n) is 3.04. The molecule has 0 radical (unpaired) electrons. The minimum absolute atomic E-state index is 0.322. The highest BCUT2D eigenvalue weighted by Gasteiger charge is 2.32. The van der Waals surface area contributed by atoms with Gasteiger partial charge >= 0.3 is 5.97 Å². The molecule has 0 aliphatic heterocycles. The summed E-state index contributed by atoms with van der Waals surface area (Å²) >= 11 is 3.28. The van der Waals surface area contributed by atoms with Gasteiger partial charge in [0.1, 0.15) is 0 Å². The first kappa shape index (κ1) is 11.5. The van der Waals surface area contributed by atoms with Crippen molar-refractivity contribution in [3.63, 3.8) is 0 Å². The third-order valence-corrected chi connectivity index (χ3v) is 3.54. The van der Waals surface area contributed by atoms with Gasteiger partial charge in [0.15, 0.2) is 0 Å². The van der Waals surface area contributed by atoms with Gasteiger partial charge in [0, 0.05) is 16.7 Å². The monoisotopic (exact) mass is 283 g/mol. The lowest BCUT2D eigenvalue weighted by Gasteiger charge is -2.09. The second kappa shape index (κ2) is 4.45. The highest BCUT2D eigenvalue weighted by atomic mass is 79.9. The summed E-state index contributed by atoms with van der Waals surface area (Å²) in [5, 5.41) is 12.3. The van der Waals surface area contributed by atoms with Gasteiger partial charge in [0.05, 0.1) is 5.56 Å². The van der Waals surface area contributed by atoms with Crippen molar-refractivity contribution in [1.29, 1.82) is 0 Å². The van der Waals surface area contributed by atoms with E-state index in [9.17, 15) is 4.79 Å². The maximum absolute atomic E-state index is 11.0. The normalized spacial score (nSPS) is 22.9. The minimum Gasteiger partial charge on any atom is -0.478 e. The molecule has 1 aromatic carbocycles. The SMILES string of the molecule is CC1CC1CNc1ccc(Br)cc1C(=O)O. The highest BCUT2D eigenvalue weighted by Crippen LogP contribution is 2.37. The van der Waals surface area contributed by atoms with Gasteiger partial charge in [-0.15, -0.1) is 0 Å². The van der Waals surface area contributed by atoms with Crippen LogP contribution in [-0.4, -0.2) is 17.6 Å². The molecule has 3 nitrogen and oxygen atoms in total. The standard InChI is InChI=1S/C12H14BrNO2/c1-7-4-8(7)6-14-11-3-2-9(13)5-10(11)12(15)16/h2-3,5,7-8,14H,4,6H2,1H3,(H,15,16). The van der Waals surface area contributed by atoms with E-state index in [1.54, 1.807) is 12.1 Å². The predicted octanol–water partition coefficient (Wildman–Crippen LogP) is 3.22. The molecule has 2 N–H and O–H groups in total. The number of carboxylic acid groups (broad SMARTS) is 1. The van der Waals surface area contributed by atoms with E-state index in [1.807, 2.05) is 6.07 Å². The van der Waals surface area contributed by atoms with Crippen LogP contribution in [0, 0.1) is 11.8 Å². The fraction of sp³-hybridized carbons (Fsp3) is 0.417. The predicted molar refractivity (Wildman–Crippen MR) is 66.9 cm³/mol. The van der Waals surface area contributed by atoms with Crippen LogP contribution in [0.15, 0.2) is 22.7 Å². The van der Waals surface area contributed by atoms with Crippen LogP contribution in [0.3, 0.4) is 0 Å². The summed E-state index contributed by atoms with van der Waals surface area (Å²) in [7, 11) is 0. The molecule has 0 amide bonds. The molecular formula is C12H14BrNO2. The Labute approximate surface area is 103 Å². The van der Waals surface area contributed by atoms with E-state index in [4.69, 9.17) is 5.11 Å². The van der Waals surface area contributed by atoms with Crippen molar-refractivity contribution in [2.24, 2.45) is 11.8 Å².